The normalized spacial score (nSPS) is 24.7. The summed E-state index contributed by atoms with van der Waals surface area (Å²) in [5.41, 5.74) is 0.375. The van der Waals surface area contributed by atoms with Gasteiger partial charge in [0.15, 0.2) is 5.69 Å². The SMILES string of the molecule is CNCCN1C(=O)CC[C@H]2CN(C(=O)c3cc(C)on3)CC[C@H]21. The van der Waals surface area contributed by atoms with Crippen molar-refractivity contribution in [1.82, 2.24) is 20.3 Å². The molecule has 2 atom stereocenters. The number of amides is 2. The third kappa shape index (κ3) is 3.24. The van der Waals surface area contributed by atoms with Gasteiger partial charge in [-0.05, 0) is 32.7 Å². The summed E-state index contributed by atoms with van der Waals surface area (Å²) < 4.78 is 5.00. The fourth-order valence-electron chi connectivity index (χ4n) is 3.69. The quantitative estimate of drug-likeness (QED) is 0.881. The summed E-state index contributed by atoms with van der Waals surface area (Å²) in [6, 6.07) is 1.94. The molecule has 7 heteroatoms. The summed E-state index contributed by atoms with van der Waals surface area (Å²) in [5, 5.41) is 6.93. The van der Waals surface area contributed by atoms with E-state index in [9.17, 15) is 9.59 Å². The minimum Gasteiger partial charge on any atom is -0.361 e. The maximum Gasteiger partial charge on any atom is 0.276 e. The van der Waals surface area contributed by atoms with Gasteiger partial charge < -0.3 is 19.6 Å². The Hall–Kier alpha value is -1.89. The Kier molecular flexibility index (Phi) is 4.66. The Bertz CT molecular complexity index is 586. The molecule has 126 valence electrons. The number of nitrogens with zero attached hydrogens (tertiary/aromatic N) is 3. The van der Waals surface area contributed by atoms with Crippen LogP contribution in [-0.2, 0) is 4.79 Å². The fourth-order valence-corrected chi connectivity index (χ4v) is 3.69. The number of piperidine rings is 2. The van der Waals surface area contributed by atoms with Crippen molar-refractivity contribution in [1.29, 1.82) is 0 Å². The maximum absolute atomic E-state index is 12.5. The molecule has 2 amide bonds. The standard InChI is InChI=1S/C16H24N4O3/c1-11-9-13(18-23-11)16(22)19-7-5-14-12(10-19)3-4-15(21)20(14)8-6-17-2/h9,12,14,17H,3-8,10H2,1-2H3/t12-,14+/m0/s1. The predicted molar refractivity (Wildman–Crippen MR) is 83.9 cm³/mol. The molecule has 1 aromatic rings. The second-order valence-electron chi connectivity index (χ2n) is 6.42. The molecule has 0 aromatic carbocycles. The Morgan fingerprint density at radius 1 is 1.48 bits per heavy atom. The van der Waals surface area contributed by atoms with Crippen molar-refractivity contribution < 1.29 is 14.1 Å². The van der Waals surface area contributed by atoms with Crippen LogP contribution in [0.25, 0.3) is 0 Å². The molecule has 23 heavy (non-hydrogen) atoms. The van der Waals surface area contributed by atoms with E-state index in [-0.39, 0.29) is 17.9 Å². The summed E-state index contributed by atoms with van der Waals surface area (Å²) in [7, 11) is 1.90. The smallest absolute Gasteiger partial charge is 0.276 e. The molecule has 1 aromatic heterocycles. The van der Waals surface area contributed by atoms with Crippen LogP contribution in [0.1, 0.15) is 35.5 Å². The predicted octanol–water partition coefficient (Wildman–Crippen LogP) is 0.656. The van der Waals surface area contributed by atoms with E-state index in [2.05, 4.69) is 10.5 Å². The van der Waals surface area contributed by atoms with E-state index in [0.29, 0.717) is 36.9 Å². The molecule has 7 nitrogen and oxygen atoms in total. The van der Waals surface area contributed by atoms with E-state index in [1.807, 2.05) is 16.8 Å². The number of hydrogen-bond acceptors (Lipinski definition) is 5. The van der Waals surface area contributed by atoms with Crippen LogP contribution in [0.2, 0.25) is 0 Å². The van der Waals surface area contributed by atoms with E-state index in [1.54, 1.807) is 13.0 Å². The van der Waals surface area contributed by atoms with Gasteiger partial charge in [-0.15, -0.1) is 0 Å². The molecule has 0 spiro atoms. The number of fused-ring (bicyclic) bond motifs is 1. The lowest BCUT2D eigenvalue weighted by atomic mass is 9.83. The summed E-state index contributed by atoms with van der Waals surface area (Å²) in [6.07, 6.45) is 2.28. The monoisotopic (exact) mass is 320 g/mol. The van der Waals surface area contributed by atoms with Crippen LogP contribution in [0.15, 0.2) is 10.6 Å². The third-order valence-corrected chi connectivity index (χ3v) is 4.88. The van der Waals surface area contributed by atoms with Gasteiger partial charge in [-0.2, -0.15) is 0 Å². The molecule has 0 radical (unpaired) electrons. The van der Waals surface area contributed by atoms with Gasteiger partial charge in [-0.3, -0.25) is 9.59 Å². The van der Waals surface area contributed by atoms with Crippen molar-refractivity contribution in [2.75, 3.05) is 33.2 Å². The number of rotatable bonds is 4. The zero-order chi connectivity index (χ0) is 16.4. The first-order valence-corrected chi connectivity index (χ1v) is 8.27. The van der Waals surface area contributed by atoms with Gasteiger partial charge in [-0.1, -0.05) is 5.16 Å². The van der Waals surface area contributed by atoms with Crippen molar-refractivity contribution in [2.24, 2.45) is 5.92 Å². The number of nitrogens with one attached hydrogen (secondary N) is 1. The highest BCUT2D eigenvalue weighted by Crippen LogP contribution is 2.31. The van der Waals surface area contributed by atoms with Crippen LogP contribution >= 0.6 is 0 Å². The Morgan fingerprint density at radius 3 is 3.00 bits per heavy atom. The van der Waals surface area contributed by atoms with E-state index in [0.717, 1.165) is 25.9 Å². The number of carbonyl (C=O) groups excluding carboxylic acids is 2. The molecular weight excluding hydrogens is 296 g/mol. The number of likely N-dealkylation sites (N-methyl/N-ethyl adjacent to an activating group) is 1. The van der Waals surface area contributed by atoms with Crippen molar-refractivity contribution in [2.45, 2.75) is 32.2 Å². The summed E-state index contributed by atoms with van der Waals surface area (Å²) >= 11 is 0. The van der Waals surface area contributed by atoms with Gasteiger partial charge in [0, 0.05) is 44.7 Å². The lowest BCUT2D eigenvalue weighted by Crippen LogP contribution is -2.57. The first-order valence-electron chi connectivity index (χ1n) is 8.27. The highest BCUT2D eigenvalue weighted by atomic mass is 16.5. The molecule has 2 saturated heterocycles. The highest BCUT2D eigenvalue weighted by molar-refractivity contribution is 5.92. The zero-order valence-corrected chi connectivity index (χ0v) is 13.7. The van der Waals surface area contributed by atoms with Crippen LogP contribution in [0, 0.1) is 12.8 Å². The number of aromatic nitrogens is 1. The van der Waals surface area contributed by atoms with Gasteiger partial charge in [0.2, 0.25) is 5.91 Å². The van der Waals surface area contributed by atoms with Gasteiger partial charge in [0.1, 0.15) is 5.76 Å². The fraction of sp³-hybridized carbons (Fsp3) is 0.688. The van der Waals surface area contributed by atoms with Crippen molar-refractivity contribution in [3.05, 3.63) is 17.5 Å². The van der Waals surface area contributed by atoms with E-state index in [1.165, 1.54) is 0 Å². The lowest BCUT2D eigenvalue weighted by Gasteiger charge is -2.47. The molecule has 2 aliphatic heterocycles. The number of likely N-dealkylation sites (tertiary alicyclic amines) is 2. The molecule has 0 saturated carbocycles. The molecular formula is C16H24N4O3. The van der Waals surface area contributed by atoms with E-state index in [4.69, 9.17) is 4.52 Å². The number of hydrogen-bond donors (Lipinski definition) is 1. The van der Waals surface area contributed by atoms with E-state index >= 15 is 0 Å². The average Bonchev–Trinajstić information content (AvgIpc) is 2.99. The average molecular weight is 320 g/mol. The minimum absolute atomic E-state index is 0.0704. The Morgan fingerprint density at radius 2 is 2.30 bits per heavy atom. The summed E-state index contributed by atoms with van der Waals surface area (Å²) in [6.45, 7) is 4.68. The molecule has 0 unspecified atom stereocenters. The van der Waals surface area contributed by atoms with Crippen molar-refractivity contribution in [3.8, 4) is 0 Å². The molecule has 0 aliphatic carbocycles. The molecule has 1 N–H and O–H groups in total. The molecule has 2 fully saturated rings. The minimum atomic E-state index is -0.0704. The molecule has 3 heterocycles. The Balaban J connectivity index is 1.66. The highest BCUT2D eigenvalue weighted by Gasteiger charge is 2.40. The first kappa shape index (κ1) is 16.0. The van der Waals surface area contributed by atoms with Gasteiger partial charge in [0.05, 0.1) is 0 Å². The van der Waals surface area contributed by atoms with Crippen LogP contribution in [0.5, 0.6) is 0 Å². The van der Waals surface area contributed by atoms with Crippen LogP contribution in [0.4, 0.5) is 0 Å². The van der Waals surface area contributed by atoms with Crippen LogP contribution in [0.3, 0.4) is 0 Å². The molecule has 2 aliphatic rings. The number of aryl methyl sites for hydroxylation is 1. The van der Waals surface area contributed by atoms with Crippen molar-refractivity contribution in [3.63, 3.8) is 0 Å². The summed E-state index contributed by atoms with van der Waals surface area (Å²) in [4.78, 5) is 28.6. The van der Waals surface area contributed by atoms with E-state index < -0.39 is 0 Å². The second-order valence-corrected chi connectivity index (χ2v) is 6.42. The van der Waals surface area contributed by atoms with Crippen LogP contribution in [-0.4, -0.2) is 66.0 Å². The molecule has 3 rings (SSSR count). The van der Waals surface area contributed by atoms with Crippen LogP contribution < -0.4 is 5.32 Å². The Labute approximate surface area is 136 Å². The third-order valence-electron chi connectivity index (χ3n) is 4.88. The number of carbonyl (C=O) groups is 2. The maximum atomic E-state index is 12.5. The summed E-state index contributed by atoms with van der Waals surface area (Å²) in [5.74, 6) is 1.17. The van der Waals surface area contributed by atoms with Gasteiger partial charge in [0.25, 0.3) is 5.91 Å². The first-order chi connectivity index (χ1) is 11.1. The largest absolute Gasteiger partial charge is 0.361 e. The second kappa shape index (κ2) is 6.70. The van der Waals surface area contributed by atoms with Crippen molar-refractivity contribution >= 4 is 11.8 Å². The lowest BCUT2D eigenvalue weighted by molar-refractivity contribution is -0.140. The zero-order valence-electron chi connectivity index (χ0n) is 13.7. The topological polar surface area (TPSA) is 78.7 Å². The van der Waals surface area contributed by atoms with Gasteiger partial charge in [-0.25, -0.2) is 0 Å². The van der Waals surface area contributed by atoms with Gasteiger partial charge >= 0.3 is 0 Å². The molecule has 0 bridgehead atoms.